The van der Waals surface area contributed by atoms with Gasteiger partial charge in [-0.25, -0.2) is 0 Å². The van der Waals surface area contributed by atoms with Crippen molar-refractivity contribution in [3.05, 3.63) is 90.0 Å². The minimum atomic E-state index is -0.660. The number of amides is 1. The number of carbonyl (C=O) groups is 1. The second-order valence-electron chi connectivity index (χ2n) is 8.97. The van der Waals surface area contributed by atoms with Crippen molar-refractivity contribution in [2.75, 3.05) is 31.7 Å². The van der Waals surface area contributed by atoms with E-state index in [-0.39, 0.29) is 12.0 Å². The molecule has 3 aromatic carbocycles. The average Bonchev–Trinajstić information content (AvgIpc) is 3.43. The van der Waals surface area contributed by atoms with E-state index in [4.69, 9.17) is 14.2 Å². The van der Waals surface area contributed by atoms with Gasteiger partial charge in [0.25, 0.3) is 5.91 Å². The van der Waals surface area contributed by atoms with Crippen LogP contribution in [0.1, 0.15) is 42.1 Å². The number of hydrogen-bond acceptors (Lipinski definition) is 5. The molecule has 6 heteroatoms. The Morgan fingerprint density at radius 3 is 2.31 bits per heavy atom. The molecule has 1 N–H and O–H groups in total. The van der Waals surface area contributed by atoms with E-state index in [1.165, 1.54) is 0 Å². The van der Waals surface area contributed by atoms with Crippen LogP contribution in [0, 0.1) is 0 Å². The lowest BCUT2D eigenvalue weighted by atomic mass is 9.89. The molecule has 3 aromatic rings. The van der Waals surface area contributed by atoms with Crippen LogP contribution in [0.4, 0.5) is 5.69 Å². The summed E-state index contributed by atoms with van der Waals surface area (Å²) in [5.41, 5.74) is 1.93. The van der Waals surface area contributed by atoms with Crippen LogP contribution in [0.15, 0.2) is 78.9 Å². The van der Waals surface area contributed by atoms with E-state index in [2.05, 4.69) is 12.2 Å². The standard InChI is InChI=1S/C29H32N2O4/c1-2-29(22-14-16-24(17-15-22)35-20-19-34-23-9-4-3-5-10-23)30-27-13-7-6-12-26(27)28(32)31(29)21-25-11-8-18-33-25/h3-7,9-10,12-17,25,30H,2,8,11,18-21H2,1H3. The van der Waals surface area contributed by atoms with E-state index in [0.29, 0.717) is 31.7 Å². The number of nitrogens with zero attached hydrogens (tertiary/aromatic N) is 1. The van der Waals surface area contributed by atoms with E-state index >= 15 is 0 Å². The van der Waals surface area contributed by atoms with Gasteiger partial charge >= 0.3 is 0 Å². The Kier molecular flexibility index (Phi) is 6.91. The van der Waals surface area contributed by atoms with E-state index in [0.717, 1.165) is 42.2 Å². The Bertz CT molecular complexity index is 1130. The molecule has 5 rings (SSSR count). The van der Waals surface area contributed by atoms with Crippen LogP contribution in [0.2, 0.25) is 0 Å². The third-order valence-electron chi connectivity index (χ3n) is 6.82. The highest BCUT2D eigenvalue weighted by atomic mass is 16.5. The topological polar surface area (TPSA) is 60.0 Å². The molecule has 1 fully saturated rings. The molecule has 1 saturated heterocycles. The SMILES string of the molecule is CCC1(c2ccc(OCCOc3ccccc3)cc2)Nc2ccccc2C(=O)N1CC1CCCO1. The van der Waals surface area contributed by atoms with Crippen molar-refractivity contribution in [1.82, 2.24) is 4.90 Å². The van der Waals surface area contributed by atoms with Crippen molar-refractivity contribution in [2.45, 2.75) is 38.0 Å². The summed E-state index contributed by atoms with van der Waals surface area (Å²) in [6, 6.07) is 25.5. The lowest BCUT2D eigenvalue weighted by molar-refractivity contribution is 0.0187. The van der Waals surface area contributed by atoms with Gasteiger partial charge in [0.15, 0.2) is 0 Å². The molecular weight excluding hydrogens is 440 g/mol. The molecule has 2 atom stereocenters. The molecule has 2 aliphatic heterocycles. The van der Waals surface area contributed by atoms with Crippen molar-refractivity contribution in [3.63, 3.8) is 0 Å². The van der Waals surface area contributed by atoms with Gasteiger partial charge < -0.3 is 24.4 Å². The fourth-order valence-electron chi connectivity index (χ4n) is 4.99. The Morgan fingerprint density at radius 1 is 0.943 bits per heavy atom. The summed E-state index contributed by atoms with van der Waals surface area (Å²) < 4.78 is 17.5. The summed E-state index contributed by atoms with van der Waals surface area (Å²) in [6.45, 7) is 4.34. The maximum Gasteiger partial charge on any atom is 0.258 e. The van der Waals surface area contributed by atoms with Gasteiger partial charge in [-0.3, -0.25) is 4.79 Å². The van der Waals surface area contributed by atoms with E-state index < -0.39 is 5.66 Å². The van der Waals surface area contributed by atoms with Crippen LogP contribution in [0.25, 0.3) is 0 Å². The third kappa shape index (κ3) is 4.84. The number of carbonyl (C=O) groups excluding carboxylic acids is 1. The van der Waals surface area contributed by atoms with Gasteiger partial charge in [0.05, 0.1) is 11.7 Å². The van der Waals surface area contributed by atoms with Gasteiger partial charge in [-0.1, -0.05) is 49.4 Å². The molecule has 6 nitrogen and oxygen atoms in total. The average molecular weight is 473 g/mol. The molecular formula is C29H32N2O4. The van der Waals surface area contributed by atoms with Crippen LogP contribution < -0.4 is 14.8 Å². The van der Waals surface area contributed by atoms with Crippen LogP contribution in [0.5, 0.6) is 11.5 Å². The summed E-state index contributed by atoms with van der Waals surface area (Å²) in [5, 5.41) is 3.71. The summed E-state index contributed by atoms with van der Waals surface area (Å²) in [4.78, 5) is 15.7. The molecule has 0 aromatic heterocycles. The Morgan fingerprint density at radius 2 is 1.63 bits per heavy atom. The number of nitrogens with one attached hydrogen (secondary N) is 1. The quantitative estimate of drug-likeness (QED) is 0.420. The molecule has 2 heterocycles. The molecule has 182 valence electrons. The predicted molar refractivity (Wildman–Crippen MR) is 136 cm³/mol. The molecule has 1 amide bonds. The van der Waals surface area contributed by atoms with Crippen molar-refractivity contribution in [1.29, 1.82) is 0 Å². The van der Waals surface area contributed by atoms with E-state index in [9.17, 15) is 4.79 Å². The molecule has 35 heavy (non-hydrogen) atoms. The van der Waals surface area contributed by atoms with Crippen molar-refractivity contribution in [3.8, 4) is 11.5 Å². The Labute approximate surface area is 206 Å². The highest BCUT2D eigenvalue weighted by Gasteiger charge is 2.45. The summed E-state index contributed by atoms with van der Waals surface area (Å²) in [7, 11) is 0. The molecule has 0 spiro atoms. The van der Waals surface area contributed by atoms with Gasteiger partial charge in [0.1, 0.15) is 30.4 Å². The first-order chi connectivity index (χ1) is 17.2. The largest absolute Gasteiger partial charge is 0.490 e. The number of rotatable bonds is 9. The first-order valence-corrected chi connectivity index (χ1v) is 12.4. The molecule has 0 aliphatic carbocycles. The number of benzene rings is 3. The normalized spacial score (nSPS) is 21.3. The number of ether oxygens (including phenoxy) is 3. The lowest BCUT2D eigenvalue weighted by Gasteiger charge is -2.49. The molecule has 2 aliphatic rings. The van der Waals surface area contributed by atoms with Crippen molar-refractivity contribution >= 4 is 11.6 Å². The number of para-hydroxylation sites is 2. The second-order valence-corrected chi connectivity index (χ2v) is 8.97. The fraction of sp³-hybridized carbons (Fsp3) is 0.345. The molecule has 2 unspecified atom stereocenters. The minimum absolute atomic E-state index is 0.0371. The smallest absolute Gasteiger partial charge is 0.258 e. The summed E-state index contributed by atoms with van der Waals surface area (Å²) >= 11 is 0. The Hall–Kier alpha value is -3.51. The van der Waals surface area contributed by atoms with Crippen molar-refractivity contribution in [2.24, 2.45) is 0 Å². The maximum absolute atomic E-state index is 13.7. The third-order valence-corrected chi connectivity index (χ3v) is 6.82. The number of hydrogen-bond donors (Lipinski definition) is 1. The van der Waals surface area contributed by atoms with Crippen LogP contribution in [-0.4, -0.2) is 43.3 Å². The van der Waals surface area contributed by atoms with E-state index in [1.807, 2.05) is 83.8 Å². The molecule has 0 bridgehead atoms. The lowest BCUT2D eigenvalue weighted by Crippen LogP contribution is -2.59. The van der Waals surface area contributed by atoms with Gasteiger partial charge in [0.2, 0.25) is 0 Å². The summed E-state index contributed by atoms with van der Waals surface area (Å²) in [5.74, 6) is 1.64. The highest BCUT2D eigenvalue weighted by Crippen LogP contribution is 2.41. The number of fused-ring (bicyclic) bond motifs is 1. The van der Waals surface area contributed by atoms with E-state index in [1.54, 1.807) is 0 Å². The first-order valence-electron chi connectivity index (χ1n) is 12.4. The predicted octanol–water partition coefficient (Wildman–Crippen LogP) is 5.45. The zero-order valence-electron chi connectivity index (χ0n) is 20.1. The van der Waals surface area contributed by atoms with Gasteiger partial charge in [-0.15, -0.1) is 0 Å². The van der Waals surface area contributed by atoms with Crippen LogP contribution in [0.3, 0.4) is 0 Å². The van der Waals surface area contributed by atoms with Crippen molar-refractivity contribution < 1.29 is 19.0 Å². The molecule has 0 radical (unpaired) electrons. The van der Waals surface area contributed by atoms with Gasteiger partial charge in [-0.2, -0.15) is 0 Å². The van der Waals surface area contributed by atoms with Gasteiger partial charge in [0, 0.05) is 18.8 Å². The van der Waals surface area contributed by atoms with Crippen LogP contribution >= 0.6 is 0 Å². The van der Waals surface area contributed by atoms with Crippen LogP contribution in [-0.2, 0) is 10.4 Å². The summed E-state index contributed by atoms with van der Waals surface area (Å²) in [6.07, 6.45) is 2.79. The highest BCUT2D eigenvalue weighted by molar-refractivity contribution is 6.02. The minimum Gasteiger partial charge on any atom is -0.490 e. The maximum atomic E-state index is 13.7. The number of anilines is 1. The monoisotopic (exact) mass is 472 g/mol. The first kappa shape index (κ1) is 23.2. The zero-order valence-corrected chi connectivity index (χ0v) is 20.1. The second kappa shape index (κ2) is 10.4. The fourth-order valence-corrected chi connectivity index (χ4v) is 4.99. The van der Waals surface area contributed by atoms with Gasteiger partial charge in [-0.05, 0) is 61.2 Å². The zero-order chi connectivity index (χ0) is 24.1. The Balaban J connectivity index is 1.34. The molecule has 0 saturated carbocycles.